The Morgan fingerprint density at radius 1 is 1.18 bits per heavy atom. The highest BCUT2D eigenvalue weighted by Crippen LogP contribution is 2.30. The number of nitrogen functional groups attached to an aromatic ring is 1. The van der Waals surface area contributed by atoms with Gasteiger partial charge in [-0.15, -0.1) is 5.10 Å². The highest BCUT2D eigenvalue weighted by molar-refractivity contribution is 5.74. The van der Waals surface area contributed by atoms with Gasteiger partial charge in [-0.1, -0.05) is 11.3 Å². The summed E-state index contributed by atoms with van der Waals surface area (Å²) in [5.41, 5.74) is 9.33. The van der Waals surface area contributed by atoms with Crippen LogP contribution >= 0.6 is 0 Å². The molecule has 112 valence electrons. The number of methoxy groups -OCH3 is 1. The summed E-state index contributed by atoms with van der Waals surface area (Å²) in [5.74, 6) is 1.34. The van der Waals surface area contributed by atoms with E-state index in [2.05, 4.69) is 10.3 Å². The van der Waals surface area contributed by atoms with E-state index in [0.717, 1.165) is 16.9 Å². The van der Waals surface area contributed by atoms with Gasteiger partial charge in [-0.05, 0) is 42.8 Å². The van der Waals surface area contributed by atoms with E-state index in [9.17, 15) is 5.11 Å². The van der Waals surface area contributed by atoms with Crippen molar-refractivity contribution in [3.05, 3.63) is 48.0 Å². The van der Waals surface area contributed by atoms with Crippen molar-refractivity contribution < 1.29 is 9.84 Å². The van der Waals surface area contributed by atoms with Crippen LogP contribution in [0.4, 0.5) is 5.82 Å². The number of phenols is 1. The summed E-state index contributed by atoms with van der Waals surface area (Å²) in [7, 11) is 1.63. The topological polar surface area (TPSA) is 86.2 Å². The number of ether oxygens (including phenoxy) is 1. The molecule has 0 atom stereocenters. The van der Waals surface area contributed by atoms with Crippen LogP contribution in [0.2, 0.25) is 0 Å². The fraction of sp³-hybridized carbons (Fsp3) is 0.125. The Morgan fingerprint density at radius 3 is 2.68 bits per heavy atom. The summed E-state index contributed by atoms with van der Waals surface area (Å²) in [6.45, 7) is 1.96. The fourth-order valence-electron chi connectivity index (χ4n) is 2.33. The molecule has 0 spiro atoms. The molecule has 1 aromatic heterocycles. The van der Waals surface area contributed by atoms with E-state index in [1.807, 2.05) is 25.1 Å². The lowest BCUT2D eigenvalue weighted by Gasteiger charge is -2.07. The van der Waals surface area contributed by atoms with Crippen LogP contribution in [0.3, 0.4) is 0 Å². The molecular weight excluding hydrogens is 280 g/mol. The van der Waals surface area contributed by atoms with Crippen LogP contribution in [0.15, 0.2) is 42.5 Å². The maximum atomic E-state index is 9.57. The molecule has 0 aliphatic carbocycles. The van der Waals surface area contributed by atoms with Crippen molar-refractivity contribution in [3.63, 3.8) is 0 Å². The first-order valence-electron chi connectivity index (χ1n) is 6.75. The van der Waals surface area contributed by atoms with Crippen molar-refractivity contribution in [1.29, 1.82) is 0 Å². The van der Waals surface area contributed by atoms with Crippen molar-refractivity contribution in [2.75, 3.05) is 12.8 Å². The van der Waals surface area contributed by atoms with Gasteiger partial charge in [0.1, 0.15) is 17.2 Å². The molecule has 0 saturated heterocycles. The molecular formula is C16H16N4O2. The summed E-state index contributed by atoms with van der Waals surface area (Å²) in [6, 6.07) is 12.4. The summed E-state index contributed by atoms with van der Waals surface area (Å²) in [4.78, 5) is 0. The molecule has 2 aromatic carbocycles. The largest absolute Gasteiger partial charge is 0.508 e. The monoisotopic (exact) mass is 296 g/mol. The van der Waals surface area contributed by atoms with Gasteiger partial charge in [0.05, 0.1) is 12.8 Å². The number of anilines is 1. The van der Waals surface area contributed by atoms with Gasteiger partial charge in [-0.3, -0.25) is 0 Å². The highest BCUT2D eigenvalue weighted by atomic mass is 16.5. The van der Waals surface area contributed by atoms with Gasteiger partial charge < -0.3 is 15.6 Å². The van der Waals surface area contributed by atoms with Crippen molar-refractivity contribution in [3.8, 4) is 28.4 Å². The number of hydrogen-bond donors (Lipinski definition) is 2. The van der Waals surface area contributed by atoms with Gasteiger partial charge in [0.2, 0.25) is 0 Å². The van der Waals surface area contributed by atoms with Gasteiger partial charge in [-0.25, -0.2) is 0 Å². The van der Waals surface area contributed by atoms with E-state index in [1.54, 1.807) is 31.4 Å². The second-order valence-corrected chi connectivity index (χ2v) is 4.94. The molecule has 0 bridgehead atoms. The van der Waals surface area contributed by atoms with Crippen LogP contribution in [0.5, 0.6) is 11.5 Å². The second kappa shape index (κ2) is 5.40. The third-order valence-electron chi connectivity index (χ3n) is 3.47. The van der Waals surface area contributed by atoms with E-state index in [4.69, 9.17) is 10.5 Å². The van der Waals surface area contributed by atoms with Crippen molar-refractivity contribution >= 4 is 5.82 Å². The van der Waals surface area contributed by atoms with Crippen molar-refractivity contribution in [1.82, 2.24) is 15.0 Å². The molecule has 1 heterocycles. The molecule has 6 heteroatoms. The summed E-state index contributed by atoms with van der Waals surface area (Å²) in [6.07, 6.45) is 0. The third-order valence-corrected chi connectivity index (χ3v) is 3.47. The Bertz CT molecular complexity index is 827. The number of nitrogens with zero attached hydrogens (tertiary/aromatic N) is 3. The summed E-state index contributed by atoms with van der Waals surface area (Å²) in [5, 5.41) is 17.8. The number of phenolic OH excluding ortho intramolecular Hbond substituents is 1. The Kier molecular flexibility index (Phi) is 3.42. The molecule has 0 amide bonds. The molecule has 3 aromatic rings. The quantitative estimate of drug-likeness (QED) is 0.775. The van der Waals surface area contributed by atoms with Crippen LogP contribution in [-0.4, -0.2) is 27.2 Å². The molecule has 6 nitrogen and oxygen atoms in total. The van der Waals surface area contributed by atoms with E-state index >= 15 is 0 Å². The molecule has 0 aliphatic heterocycles. The van der Waals surface area contributed by atoms with Gasteiger partial charge in [0.15, 0.2) is 5.82 Å². The maximum Gasteiger partial charge on any atom is 0.155 e. The van der Waals surface area contributed by atoms with Crippen LogP contribution in [-0.2, 0) is 0 Å². The van der Waals surface area contributed by atoms with E-state index in [0.29, 0.717) is 17.2 Å². The average Bonchev–Trinajstić information content (AvgIpc) is 2.88. The second-order valence-electron chi connectivity index (χ2n) is 4.94. The zero-order chi connectivity index (χ0) is 15.7. The van der Waals surface area contributed by atoms with Crippen molar-refractivity contribution in [2.24, 2.45) is 0 Å². The standard InChI is InChI=1S/C16H16N4O2/c1-10-8-13(22-2)6-7-14(10)15-16(17)20(19-18-15)11-4-3-5-12(21)9-11/h3-9,21H,17H2,1-2H3. The van der Waals surface area contributed by atoms with E-state index < -0.39 is 0 Å². The molecule has 0 fully saturated rings. The van der Waals surface area contributed by atoms with Crippen LogP contribution in [0, 0.1) is 6.92 Å². The first-order valence-corrected chi connectivity index (χ1v) is 6.75. The molecule has 22 heavy (non-hydrogen) atoms. The zero-order valence-corrected chi connectivity index (χ0v) is 12.3. The number of hydrogen-bond acceptors (Lipinski definition) is 5. The minimum atomic E-state index is 0.148. The number of aromatic nitrogens is 3. The normalized spacial score (nSPS) is 10.6. The first kappa shape index (κ1) is 13.9. The fourth-order valence-corrected chi connectivity index (χ4v) is 2.33. The molecule has 3 rings (SSSR count). The Labute approximate surface area is 127 Å². The third kappa shape index (κ3) is 2.35. The minimum Gasteiger partial charge on any atom is -0.508 e. The van der Waals surface area contributed by atoms with Gasteiger partial charge in [-0.2, -0.15) is 4.68 Å². The van der Waals surface area contributed by atoms with Crippen LogP contribution in [0.1, 0.15) is 5.56 Å². The van der Waals surface area contributed by atoms with Crippen LogP contribution in [0.25, 0.3) is 16.9 Å². The predicted molar refractivity (Wildman–Crippen MR) is 84.2 cm³/mol. The van der Waals surface area contributed by atoms with Gasteiger partial charge >= 0.3 is 0 Å². The number of rotatable bonds is 3. The van der Waals surface area contributed by atoms with Crippen LogP contribution < -0.4 is 10.5 Å². The molecule has 0 unspecified atom stereocenters. The number of nitrogens with two attached hydrogens (primary N) is 1. The molecule has 3 N–H and O–H groups in total. The smallest absolute Gasteiger partial charge is 0.155 e. The lowest BCUT2D eigenvalue weighted by molar-refractivity contribution is 0.414. The SMILES string of the molecule is COc1ccc(-c2nnn(-c3cccc(O)c3)c2N)c(C)c1. The summed E-state index contributed by atoms with van der Waals surface area (Å²) < 4.78 is 6.70. The van der Waals surface area contributed by atoms with Crippen molar-refractivity contribution in [2.45, 2.75) is 6.92 Å². The maximum absolute atomic E-state index is 9.57. The Morgan fingerprint density at radius 2 is 2.00 bits per heavy atom. The first-order chi connectivity index (χ1) is 10.6. The number of aromatic hydroxyl groups is 1. The number of aryl methyl sites for hydroxylation is 1. The molecule has 0 saturated carbocycles. The lowest BCUT2D eigenvalue weighted by atomic mass is 10.1. The average molecular weight is 296 g/mol. The zero-order valence-electron chi connectivity index (χ0n) is 12.3. The molecule has 0 radical (unpaired) electrons. The lowest BCUT2D eigenvalue weighted by Crippen LogP contribution is -2.02. The Balaban J connectivity index is 2.07. The van der Waals surface area contributed by atoms with Gasteiger partial charge in [0, 0.05) is 11.6 Å². The van der Waals surface area contributed by atoms with E-state index in [1.165, 1.54) is 4.68 Å². The number of benzene rings is 2. The van der Waals surface area contributed by atoms with E-state index in [-0.39, 0.29) is 5.75 Å². The van der Waals surface area contributed by atoms with Gasteiger partial charge in [0.25, 0.3) is 0 Å². The minimum absolute atomic E-state index is 0.148. The summed E-state index contributed by atoms with van der Waals surface area (Å²) >= 11 is 0. The molecule has 0 aliphatic rings. The predicted octanol–water partition coefficient (Wildman–Crippen LogP) is 2.54. The highest BCUT2D eigenvalue weighted by Gasteiger charge is 2.15. The Hall–Kier alpha value is -3.02.